The van der Waals surface area contributed by atoms with Gasteiger partial charge >= 0.3 is 0 Å². The third-order valence-electron chi connectivity index (χ3n) is 0.816. The SMILES string of the molecule is CSC1=CC=NN(F)N1. The van der Waals surface area contributed by atoms with Crippen LogP contribution in [-0.2, 0) is 0 Å². The molecule has 0 unspecified atom stereocenters. The molecule has 0 aromatic rings. The smallest absolute Gasteiger partial charge is 0.0928 e. The molecular formula is C4H6FN3S. The van der Waals surface area contributed by atoms with Crippen LogP contribution in [0.4, 0.5) is 4.48 Å². The molecule has 50 valence electrons. The molecular weight excluding hydrogens is 141 g/mol. The molecule has 0 spiro atoms. The van der Waals surface area contributed by atoms with E-state index in [1.165, 1.54) is 18.0 Å². The molecule has 0 atom stereocenters. The lowest BCUT2D eigenvalue weighted by atomic mass is 10.6. The van der Waals surface area contributed by atoms with Crippen LogP contribution in [0.25, 0.3) is 0 Å². The number of nitrogens with one attached hydrogen (secondary N) is 1. The minimum atomic E-state index is 0.172. The molecule has 1 N–H and O–H groups in total. The molecule has 0 amide bonds. The molecule has 0 radical (unpaired) electrons. The van der Waals surface area contributed by atoms with Gasteiger partial charge in [0.2, 0.25) is 0 Å². The van der Waals surface area contributed by atoms with E-state index < -0.39 is 0 Å². The second-order valence-electron chi connectivity index (χ2n) is 1.37. The Kier molecular flexibility index (Phi) is 1.94. The minimum absolute atomic E-state index is 0.172. The Bertz CT molecular complexity index is 156. The Morgan fingerprint density at radius 1 is 1.89 bits per heavy atom. The fraction of sp³-hybridized carbons (Fsp3) is 0.250. The summed E-state index contributed by atoms with van der Waals surface area (Å²) in [5.74, 6) is 0. The fourth-order valence-corrected chi connectivity index (χ4v) is 0.794. The molecule has 1 rings (SSSR count). The van der Waals surface area contributed by atoms with Crippen LogP contribution in [0.1, 0.15) is 0 Å². The van der Waals surface area contributed by atoms with Gasteiger partial charge in [-0.3, -0.25) is 0 Å². The largest absolute Gasteiger partial charge is 0.247 e. The average Bonchev–Trinajstić information content (AvgIpc) is 1.88. The third-order valence-corrected chi connectivity index (χ3v) is 1.48. The molecule has 3 nitrogen and oxygen atoms in total. The number of thioether (sulfide) groups is 1. The number of hydrazine groups is 1. The van der Waals surface area contributed by atoms with Gasteiger partial charge in [0.1, 0.15) is 0 Å². The fourth-order valence-electron chi connectivity index (χ4n) is 0.430. The number of hydrazone groups is 1. The number of hydrogen-bond donors (Lipinski definition) is 1. The molecule has 0 saturated heterocycles. The van der Waals surface area contributed by atoms with Gasteiger partial charge in [-0.05, 0) is 17.7 Å². The van der Waals surface area contributed by atoms with Crippen LogP contribution in [0, 0.1) is 0 Å². The van der Waals surface area contributed by atoms with Crippen molar-refractivity contribution in [1.82, 2.24) is 10.8 Å². The highest BCUT2D eigenvalue weighted by atomic mass is 32.2. The van der Waals surface area contributed by atoms with Crippen LogP contribution < -0.4 is 5.43 Å². The van der Waals surface area contributed by atoms with Crippen molar-refractivity contribution < 1.29 is 4.48 Å². The first kappa shape index (κ1) is 6.41. The summed E-state index contributed by atoms with van der Waals surface area (Å²) in [4.78, 5) is 0. The normalized spacial score (nSPS) is 17.1. The second-order valence-corrected chi connectivity index (χ2v) is 2.22. The van der Waals surface area contributed by atoms with Crippen molar-refractivity contribution >= 4 is 18.0 Å². The van der Waals surface area contributed by atoms with Crippen molar-refractivity contribution in [1.29, 1.82) is 0 Å². The zero-order valence-electron chi connectivity index (χ0n) is 4.84. The lowest BCUT2D eigenvalue weighted by Gasteiger charge is -2.13. The van der Waals surface area contributed by atoms with Crippen LogP contribution >= 0.6 is 11.8 Å². The Labute approximate surface area is 56.5 Å². The van der Waals surface area contributed by atoms with E-state index in [1.54, 1.807) is 6.08 Å². The maximum absolute atomic E-state index is 12.1. The van der Waals surface area contributed by atoms with E-state index in [9.17, 15) is 4.48 Å². The van der Waals surface area contributed by atoms with Crippen molar-refractivity contribution in [3.05, 3.63) is 11.1 Å². The summed E-state index contributed by atoms with van der Waals surface area (Å²) < 4.78 is 12.1. The number of nitrogens with zero attached hydrogens (tertiary/aromatic N) is 2. The predicted molar refractivity (Wildman–Crippen MR) is 36.2 cm³/mol. The first-order valence-electron chi connectivity index (χ1n) is 2.34. The number of halogens is 1. The lowest BCUT2D eigenvalue weighted by molar-refractivity contribution is -0.0144. The minimum Gasteiger partial charge on any atom is -0.247 e. The summed E-state index contributed by atoms with van der Waals surface area (Å²) in [6, 6.07) is 0. The van der Waals surface area contributed by atoms with Gasteiger partial charge in [-0.15, -0.1) is 16.9 Å². The topological polar surface area (TPSA) is 27.6 Å². The molecule has 0 fully saturated rings. The second kappa shape index (κ2) is 2.72. The molecule has 1 aliphatic rings. The van der Waals surface area contributed by atoms with Gasteiger partial charge in [-0.2, -0.15) is 0 Å². The number of hydrogen-bond acceptors (Lipinski definition) is 4. The van der Waals surface area contributed by atoms with Gasteiger partial charge in [-0.1, -0.05) is 4.48 Å². The highest BCUT2D eigenvalue weighted by Gasteiger charge is 2.02. The van der Waals surface area contributed by atoms with E-state index in [0.717, 1.165) is 5.03 Å². The first-order chi connectivity index (χ1) is 4.33. The van der Waals surface area contributed by atoms with E-state index in [-0.39, 0.29) is 5.34 Å². The Morgan fingerprint density at radius 3 is 3.11 bits per heavy atom. The molecule has 1 aliphatic heterocycles. The molecule has 1 heterocycles. The number of allylic oxidation sites excluding steroid dienone is 1. The molecule has 0 aromatic heterocycles. The summed E-state index contributed by atoms with van der Waals surface area (Å²) in [6.07, 6.45) is 4.94. The average molecular weight is 147 g/mol. The summed E-state index contributed by atoms with van der Waals surface area (Å²) in [5, 5.41) is 4.18. The zero-order chi connectivity index (χ0) is 6.69. The van der Waals surface area contributed by atoms with Gasteiger partial charge in [-0.25, -0.2) is 5.43 Å². The standard InChI is InChI=1S/C4H6FN3S/c1-9-4-2-3-6-8(5)7-4/h2-3,7H,1H3. The predicted octanol–water partition coefficient (Wildman–Crippen LogP) is 0.881. The van der Waals surface area contributed by atoms with E-state index >= 15 is 0 Å². The maximum atomic E-state index is 12.1. The molecule has 0 aromatic carbocycles. The van der Waals surface area contributed by atoms with Gasteiger partial charge < -0.3 is 0 Å². The molecule has 0 saturated carbocycles. The number of rotatable bonds is 1. The Morgan fingerprint density at radius 2 is 2.67 bits per heavy atom. The van der Waals surface area contributed by atoms with Gasteiger partial charge in [0.25, 0.3) is 0 Å². The molecule has 5 heteroatoms. The van der Waals surface area contributed by atoms with Crippen molar-refractivity contribution in [3.63, 3.8) is 0 Å². The molecule has 9 heavy (non-hydrogen) atoms. The van der Waals surface area contributed by atoms with E-state index in [0.29, 0.717) is 0 Å². The Balaban J connectivity index is 2.55. The van der Waals surface area contributed by atoms with Crippen LogP contribution in [-0.4, -0.2) is 17.8 Å². The monoisotopic (exact) mass is 147 g/mol. The summed E-state index contributed by atoms with van der Waals surface area (Å²) in [7, 11) is 0. The summed E-state index contributed by atoms with van der Waals surface area (Å²) in [6.45, 7) is 0. The quantitative estimate of drug-likeness (QED) is 0.558. The van der Waals surface area contributed by atoms with Crippen LogP contribution in [0.2, 0.25) is 0 Å². The van der Waals surface area contributed by atoms with E-state index in [4.69, 9.17) is 0 Å². The van der Waals surface area contributed by atoms with Gasteiger partial charge in [0.15, 0.2) is 0 Å². The summed E-state index contributed by atoms with van der Waals surface area (Å²) in [5.41, 5.74) is 2.36. The third kappa shape index (κ3) is 1.60. The molecule has 0 bridgehead atoms. The van der Waals surface area contributed by atoms with Crippen molar-refractivity contribution in [2.24, 2.45) is 5.10 Å². The van der Waals surface area contributed by atoms with E-state index in [1.807, 2.05) is 6.26 Å². The van der Waals surface area contributed by atoms with Crippen LogP contribution in [0.3, 0.4) is 0 Å². The van der Waals surface area contributed by atoms with Crippen LogP contribution in [0.15, 0.2) is 16.2 Å². The van der Waals surface area contributed by atoms with E-state index in [2.05, 4.69) is 10.5 Å². The lowest BCUT2D eigenvalue weighted by Crippen LogP contribution is -2.26. The van der Waals surface area contributed by atoms with Gasteiger partial charge in [0.05, 0.1) is 11.2 Å². The first-order valence-corrected chi connectivity index (χ1v) is 3.56. The Hall–Kier alpha value is -0.710. The summed E-state index contributed by atoms with van der Waals surface area (Å²) >= 11 is 1.43. The highest BCUT2D eigenvalue weighted by Crippen LogP contribution is 2.09. The van der Waals surface area contributed by atoms with Gasteiger partial charge in [0, 0.05) is 0 Å². The molecule has 0 aliphatic carbocycles. The van der Waals surface area contributed by atoms with Crippen LogP contribution in [0.5, 0.6) is 0 Å². The zero-order valence-corrected chi connectivity index (χ0v) is 5.65. The van der Waals surface area contributed by atoms with Crippen molar-refractivity contribution in [2.75, 3.05) is 6.26 Å². The highest BCUT2D eigenvalue weighted by molar-refractivity contribution is 8.02. The van der Waals surface area contributed by atoms with Crippen molar-refractivity contribution in [3.8, 4) is 0 Å². The van der Waals surface area contributed by atoms with Crippen molar-refractivity contribution in [2.45, 2.75) is 0 Å². The maximum Gasteiger partial charge on any atom is 0.0928 e.